The SMILES string of the molecule is CCOC(C(O)CCC(C)(C)OC)C1CCCCC1. The van der Waals surface area contributed by atoms with E-state index in [0.29, 0.717) is 12.5 Å². The van der Waals surface area contributed by atoms with Crippen LogP contribution in [0.5, 0.6) is 0 Å². The molecule has 3 nitrogen and oxygen atoms in total. The van der Waals surface area contributed by atoms with Crippen LogP contribution in [0, 0.1) is 5.92 Å². The first-order valence-corrected chi connectivity index (χ1v) is 7.85. The summed E-state index contributed by atoms with van der Waals surface area (Å²) in [5.74, 6) is 0.536. The second-order valence-corrected chi connectivity index (χ2v) is 6.39. The highest BCUT2D eigenvalue weighted by molar-refractivity contribution is 4.82. The van der Waals surface area contributed by atoms with Gasteiger partial charge in [0.15, 0.2) is 0 Å². The summed E-state index contributed by atoms with van der Waals surface area (Å²) in [5, 5.41) is 10.5. The van der Waals surface area contributed by atoms with Crippen molar-refractivity contribution in [3.63, 3.8) is 0 Å². The zero-order valence-electron chi connectivity index (χ0n) is 13.2. The highest BCUT2D eigenvalue weighted by atomic mass is 16.5. The van der Waals surface area contributed by atoms with Crippen LogP contribution in [0.15, 0.2) is 0 Å². The smallest absolute Gasteiger partial charge is 0.0861 e. The number of hydrogen-bond acceptors (Lipinski definition) is 3. The summed E-state index contributed by atoms with van der Waals surface area (Å²) >= 11 is 0. The van der Waals surface area contributed by atoms with Gasteiger partial charge in [-0.15, -0.1) is 0 Å². The summed E-state index contributed by atoms with van der Waals surface area (Å²) in [4.78, 5) is 0. The molecule has 0 aromatic heterocycles. The zero-order chi connectivity index (χ0) is 14.3. The van der Waals surface area contributed by atoms with E-state index in [1.807, 2.05) is 6.92 Å². The molecular formula is C16H32O3. The molecule has 1 N–H and O–H groups in total. The Balaban J connectivity index is 2.49. The molecule has 0 aromatic rings. The van der Waals surface area contributed by atoms with Crippen molar-refractivity contribution in [2.24, 2.45) is 5.92 Å². The van der Waals surface area contributed by atoms with Crippen molar-refractivity contribution in [3.8, 4) is 0 Å². The second kappa shape index (κ2) is 8.23. The molecule has 2 unspecified atom stereocenters. The number of methoxy groups -OCH3 is 1. The van der Waals surface area contributed by atoms with Gasteiger partial charge in [-0.05, 0) is 52.4 Å². The van der Waals surface area contributed by atoms with E-state index in [0.717, 1.165) is 12.8 Å². The number of rotatable bonds is 8. The van der Waals surface area contributed by atoms with Gasteiger partial charge in [0.25, 0.3) is 0 Å². The lowest BCUT2D eigenvalue weighted by atomic mass is 9.82. The van der Waals surface area contributed by atoms with Crippen LogP contribution in [0.1, 0.15) is 65.7 Å². The summed E-state index contributed by atoms with van der Waals surface area (Å²) in [6.45, 7) is 6.83. The number of hydrogen-bond donors (Lipinski definition) is 1. The minimum atomic E-state index is -0.363. The third-order valence-electron chi connectivity index (χ3n) is 4.45. The Kier molecular flexibility index (Phi) is 7.33. The van der Waals surface area contributed by atoms with Gasteiger partial charge < -0.3 is 14.6 Å². The van der Waals surface area contributed by atoms with E-state index in [9.17, 15) is 5.11 Å². The van der Waals surface area contributed by atoms with E-state index in [-0.39, 0.29) is 17.8 Å². The molecule has 0 saturated heterocycles. The summed E-state index contributed by atoms with van der Waals surface area (Å²) in [6, 6.07) is 0. The third kappa shape index (κ3) is 5.80. The Bertz CT molecular complexity index is 234. The van der Waals surface area contributed by atoms with Gasteiger partial charge in [0.2, 0.25) is 0 Å². The normalized spacial score (nSPS) is 21.3. The minimum absolute atomic E-state index is 0.0120. The Labute approximate surface area is 118 Å². The quantitative estimate of drug-likeness (QED) is 0.734. The first kappa shape index (κ1) is 16.9. The molecular weight excluding hydrogens is 240 g/mol. The van der Waals surface area contributed by atoms with Gasteiger partial charge in [-0.2, -0.15) is 0 Å². The van der Waals surface area contributed by atoms with Crippen LogP contribution in [-0.2, 0) is 9.47 Å². The van der Waals surface area contributed by atoms with Crippen molar-refractivity contribution in [1.29, 1.82) is 0 Å². The van der Waals surface area contributed by atoms with Crippen LogP contribution in [-0.4, -0.2) is 36.6 Å². The maximum Gasteiger partial charge on any atom is 0.0861 e. The van der Waals surface area contributed by atoms with Crippen molar-refractivity contribution in [3.05, 3.63) is 0 Å². The van der Waals surface area contributed by atoms with Crippen LogP contribution in [0.25, 0.3) is 0 Å². The molecule has 0 heterocycles. The predicted octanol–water partition coefficient (Wildman–Crippen LogP) is 3.54. The van der Waals surface area contributed by atoms with E-state index >= 15 is 0 Å². The summed E-state index contributed by atoms with van der Waals surface area (Å²) in [6.07, 6.45) is 7.57. The molecule has 0 amide bonds. The Morgan fingerprint density at radius 1 is 1.21 bits per heavy atom. The molecule has 0 spiro atoms. The van der Waals surface area contributed by atoms with Gasteiger partial charge in [0, 0.05) is 13.7 Å². The summed E-state index contributed by atoms with van der Waals surface area (Å²) in [5.41, 5.74) is -0.162. The first-order chi connectivity index (χ1) is 9.00. The lowest BCUT2D eigenvalue weighted by Crippen LogP contribution is -2.38. The molecule has 1 aliphatic carbocycles. The van der Waals surface area contributed by atoms with Gasteiger partial charge in [-0.25, -0.2) is 0 Å². The molecule has 1 fully saturated rings. The van der Waals surface area contributed by atoms with Crippen LogP contribution in [0.3, 0.4) is 0 Å². The van der Waals surface area contributed by atoms with Gasteiger partial charge in [0.1, 0.15) is 0 Å². The lowest BCUT2D eigenvalue weighted by Gasteiger charge is -2.34. The summed E-state index contributed by atoms with van der Waals surface area (Å²) in [7, 11) is 1.73. The van der Waals surface area contributed by atoms with Crippen LogP contribution in [0.4, 0.5) is 0 Å². The Hall–Kier alpha value is -0.120. The van der Waals surface area contributed by atoms with Crippen molar-refractivity contribution in [1.82, 2.24) is 0 Å². The van der Waals surface area contributed by atoms with Gasteiger partial charge in [-0.1, -0.05) is 19.3 Å². The van der Waals surface area contributed by atoms with Crippen molar-refractivity contribution < 1.29 is 14.6 Å². The second-order valence-electron chi connectivity index (χ2n) is 6.39. The molecule has 0 radical (unpaired) electrons. The maximum atomic E-state index is 10.5. The Morgan fingerprint density at radius 3 is 2.37 bits per heavy atom. The molecule has 0 bridgehead atoms. The van der Waals surface area contributed by atoms with E-state index in [2.05, 4.69) is 13.8 Å². The van der Waals surface area contributed by atoms with E-state index in [1.165, 1.54) is 32.1 Å². The van der Waals surface area contributed by atoms with Gasteiger partial charge in [0.05, 0.1) is 17.8 Å². The van der Waals surface area contributed by atoms with Crippen molar-refractivity contribution in [2.75, 3.05) is 13.7 Å². The van der Waals surface area contributed by atoms with E-state index < -0.39 is 0 Å². The zero-order valence-corrected chi connectivity index (χ0v) is 13.2. The molecule has 1 aliphatic rings. The van der Waals surface area contributed by atoms with E-state index in [4.69, 9.17) is 9.47 Å². The highest BCUT2D eigenvalue weighted by Gasteiger charge is 2.31. The molecule has 1 rings (SSSR count). The van der Waals surface area contributed by atoms with Crippen LogP contribution in [0.2, 0.25) is 0 Å². The van der Waals surface area contributed by atoms with Crippen molar-refractivity contribution >= 4 is 0 Å². The fraction of sp³-hybridized carbons (Fsp3) is 1.00. The third-order valence-corrected chi connectivity index (χ3v) is 4.45. The number of aliphatic hydroxyl groups is 1. The first-order valence-electron chi connectivity index (χ1n) is 7.85. The predicted molar refractivity (Wildman–Crippen MR) is 78.3 cm³/mol. The van der Waals surface area contributed by atoms with Crippen molar-refractivity contribution in [2.45, 2.75) is 83.5 Å². The average Bonchev–Trinajstić information content (AvgIpc) is 2.43. The van der Waals surface area contributed by atoms with Gasteiger partial charge >= 0.3 is 0 Å². The monoisotopic (exact) mass is 272 g/mol. The molecule has 1 saturated carbocycles. The highest BCUT2D eigenvalue weighted by Crippen LogP contribution is 2.31. The fourth-order valence-electron chi connectivity index (χ4n) is 2.98. The number of aliphatic hydroxyl groups excluding tert-OH is 1. The fourth-order valence-corrected chi connectivity index (χ4v) is 2.98. The average molecular weight is 272 g/mol. The Morgan fingerprint density at radius 2 is 1.84 bits per heavy atom. The maximum absolute atomic E-state index is 10.5. The van der Waals surface area contributed by atoms with E-state index in [1.54, 1.807) is 7.11 Å². The summed E-state index contributed by atoms with van der Waals surface area (Å²) < 4.78 is 11.3. The molecule has 3 heteroatoms. The molecule has 0 aromatic carbocycles. The molecule has 0 aliphatic heterocycles. The largest absolute Gasteiger partial charge is 0.390 e. The van der Waals surface area contributed by atoms with Crippen LogP contribution >= 0.6 is 0 Å². The number of ether oxygens (including phenoxy) is 2. The van der Waals surface area contributed by atoms with Gasteiger partial charge in [-0.3, -0.25) is 0 Å². The topological polar surface area (TPSA) is 38.7 Å². The molecule has 2 atom stereocenters. The van der Waals surface area contributed by atoms with Crippen LogP contribution < -0.4 is 0 Å². The molecule has 114 valence electrons. The molecule has 19 heavy (non-hydrogen) atoms. The standard InChI is InChI=1S/C16H32O3/c1-5-19-15(13-9-7-6-8-10-13)14(17)11-12-16(2,3)18-4/h13-15,17H,5-12H2,1-4H3. The minimum Gasteiger partial charge on any atom is -0.390 e. The lowest BCUT2D eigenvalue weighted by molar-refractivity contribution is -0.0835.